The highest BCUT2D eigenvalue weighted by Gasteiger charge is 2.49. The van der Waals surface area contributed by atoms with Gasteiger partial charge in [-0.05, 0) is 69.4 Å². The number of alkyl halides is 3. The molecule has 2 saturated heterocycles. The molecule has 2 aliphatic rings. The molecule has 2 amide bonds. The topological polar surface area (TPSA) is 70.9 Å². The molecule has 12 heteroatoms. The summed E-state index contributed by atoms with van der Waals surface area (Å²) in [5.74, 6) is 0.380. The summed E-state index contributed by atoms with van der Waals surface area (Å²) >= 11 is 6.88. The van der Waals surface area contributed by atoms with Gasteiger partial charge in [0, 0.05) is 32.7 Å². The van der Waals surface area contributed by atoms with E-state index in [4.69, 9.17) is 17.5 Å². The number of nitrogens with zero attached hydrogens (tertiary/aromatic N) is 5. The monoisotopic (exact) mass is 555 g/mol. The van der Waals surface area contributed by atoms with Gasteiger partial charge in [-0.1, -0.05) is 25.1 Å². The zero-order valence-corrected chi connectivity index (χ0v) is 22.9. The molecule has 0 atom stereocenters. The standard InChI is InChI=1S/C25H32F3N5O2S2/c1-4-37-23(35)31-14-12-30(13-15-31)10-6-5-7-11-32-22(36)33(21(34)24(32,2)3)19-9-8-18(17-29)20(16-19)25(26,27)28/h8-9,16H,4-7,10-15H2,1-3H3. The van der Waals surface area contributed by atoms with Crippen molar-refractivity contribution in [2.45, 2.75) is 51.7 Å². The first-order chi connectivity index (χ1) is 17.4. The van der Waals surface area contributed by atoms with Gasteiger partial charge in [0.1, 0.15) is 5.54 Å². The van der Waals surface area contributed by atoms with Gasteiger partial charge in [-0.25, -0.2) is 0 Å². The zero-order valence-electron chi connectivity index (χ0n) is 21.3. The Morgan fingerprint density at radius 2 is 1.78 bits per heavy atom. The van der Waals surface area contributed by atoms with E-state index in [2.05, 4.69) is 4.90 Å². The van der Waals surface area contributed by atoms with E-state index in [1.807, 2.05) is 11.8 Å². The highest BCUT2D eigenvalue weighted by molar-refractivity contribution is 8.13. The fourth-order valence-corrected chi connectivity index (χ4v) is 5.71. The Balaban J connectivity index is 1.55. The first-order valence-corrected chi connectivity index (χ1v) is 13.7. The predicted octanol–water partition coefficient (Wildman–Crippen LogP) is 4.95. The second kappa shape index (κ2) is 12.0. The normalized spacial score (nSPS) is 18.5. The fraction of sp³-hybridized carbons (Fsp3) is 0.600. The predicted molar refractivity (Wildman–Crippen MR) is 142 cm³/mol. The maximum atomic E-state index is 13.5. The SMILES string of the molecule is CCSC(=O)N1CCN(CCCCCN2C(=S)N(c3ccc(C#N)c(C(F)(F)F)c3)C(=O)C2(C)C)CC1. The molecule has 37 heavy (non-hydrogen) atoms. The van der Waals surface area contributed by atoms with Crippen molar-refractivity contribution in [1.29, 1.82) is 5.26 Å². The van der Waals surface area contributed by atoms with Crippen LogP contribution in [0.5, 0.6) is 0 Å². The minimum absolute atomic E-state index is 0.00635. The first-order valence-electron chi connectivity index (χ1n) is 12.3. The number of carbonyl (C=O) groups is 2. The number of nitriles is 1. The van der Waals surface area contributed by atoms with Crippen LogP contribution in [0.25, 0.3) is 0 Å². The Morgan fingerprint density at radius 3 is 2.38 bits per heavy atom. The largest absolute Gasteiger partial charge is 0.417 e. The number of thiocarbonyl (C=S) groups is 1. The molecule has 0 aromatic heterocycles. The number of hydrogen-bond acceptors (Lipinski definition) is 6. The van der Waals surface area contributed by atoms with Gasteiger partial charge in [0.2, 0.25) is 0 Å². The lowest BCUT2D eigenvalue weighted by atomic mass is 10.0. The second-order valence-electron chi connectivity index (χ2n) is 9.56. The summed E-state index contributed by atoms with van der Waals surface area (Å²) in [5, 5.41) is 9.37. The molecule has 0 bridgehead atoms. The molecule has 7 nitrogen and oxygen atoms in total. The van der Waals surface area contributed by atoms with Gasteiger partial charge in [-0.15, -0.1) is 0 Å². The number of amides is 2. The van der Waals surface area contributed by atoms with E-state index in [-0.39, 0.29) is 16.0 Å². The van der Waals surface area contributed by atoms with Gasteiger partial charge in [-0.2, -0.15) is 18.4 Å². The van der Waals surface area contributed by atoms with Gasteiger partial charge in [-0.3, -0.25) is 19.4 Å². The third-order valence-corrected chi connectivity index (χ3v) is 7.96. The van der Waals surface area contributed by atoms with Crippen molar-refractivity contribution >= 4 is 45.9 Å². The van der Waals surface area contributed by atoms with Gasteiger partial charge in [0.25, 0.3) is 11.1 Å². The summed E-state index contributed by atoms with van der Waals surface area (Å²) < 4.78 is 40.4. The third kappa shape index (κ3) is 6.56. The minimum Gasteiger partial charge on any atom is -0.334 e. The van der Waals surface area contributed by atoms with Crippen molar-refractivity contribution in [3.63, 3.8) is 0 Å². The summed E-state index contributed by atoms with van der Waals surface area (Å²) in [7, 11) is 0. The lowest BCUT2D eigenvalue weighted by Crippen LogP contribution is -2.47. The van der Waals surface area contributed by atoms with E-state index in [0.29, 0.717) is 6.54 Å². The van der Waals surface area contributed by atoms with E-state index in [1.165, 1.54) is 17.8 Å². The Hall–Kier alpha value is -2.36. The number of unbranched alkanes of at least 4 members (excludes halogenated alkanes) is 2. The van der Waals surface area contributed by atoms with E-state index in [9.17, 15) is 22.8 Å². The molecule has 0 saturated carbocycles. The number of benzene rings is 1. The van der Waals surface area contributed by atoms with Crippen LogP contribution in [0, 0.1) is 11.3 Å². The van der Waals surface area contributed by atoms with Crippen LogP contribution >= 0.6 is 24.0 Å². The van der Waals surface area contributed by atoms with Gasteiger partial charge in [0.15, 0.2) is 5.11 Å². The molecule has 0 aliphatic carbocycles. The van der Waals surface area contributed by atoms with Crippen LogP contribution in [0.15, 0.2) is 18.2 Å². The molecule has 0 radical (unpaired) electrons. The number of hydrogen-bond donors (Lipinski definition) is 0. The van der Waals surface area contributed by atoms with E-state index in [0.717, 1.165) is 74.8 Å². The summed E-state index contributed by atoms with van der Waals surface area (Å²) in [5.41, 5.74) is -2.58. The Bertz CT molecular complexity index is 1070. The molecule has 202 valence electrons. The number of piperazine rings is 1. The number of anilines is 1. The van der Waals surface area contributed by atoms with Crippen LogP contribution < -0.4 is 4.90 Å². The van der Waals surface area contributed by atoms with Crippen LogP contribution in [0.2, 0.25) is 0 Å². The van der Waals surface area contributed by atoms with Crippen molar-refractivity contribution in [2.24, 2.45) is 0 Å². The number of thioether (sulfide) groups is 1. The smallest absolute Gasteiger partial charge is 0.334 e. The van der Waals surface area contributed by atoms with Crippen LogP contribution in [0.3, 0.4) is 0 Å². The van der Waals surface area contributed by atoms with Gasteiger partial charge >= 0.3 is 6.18 Å². The van der Waals surface area contributed by atoms with Crippen molar-refractivity contribution in [3.05, 3.63) is 29.3 Å². The zero-order chi connectivity index (χ0) is 27.4. The summed E-state index contributed by atoms with van der Waals surface area (Å²) in [6, 6.07) is 4.77. The molecule has 0 N–H and O–H groups in total. The highest BCUT2D eigenvalue weighted by Crippen LogP contribution is 2.38. The molecule has 2 aliphatic heterocycles. The second-order valence-corrected chi connectivity index (χ2v) is 11.1. The Kier molecular flexibility index (Phi) is 9.47. The summed E-state index contributed by atoms with van der Waals surface area (Å²) in [4.78, 5) is 32.3. The van der Waals surface area contributed by atoms with Crippen molar-refractivity contribution in [2.75, 3.05) is 49.9 Å². The van der Waals surface area contributed by atoms with E-state index in [1.54, 1.807) is 24.8 Å². The van der Waals surface area contributed by atoms with Crippen molar-refractivity contribution in [3.8, 4) is 6.07 Å². The lowest BCUT2D eigenvalue weighted by Gasteiger charge is -2.34. The fourth-order valence-electron chi connectivity index (χ4n) is 4.59. The lowest BCUT2D eigenvalue weighted by molar-refractivity contribution is -0.137. The van der Waals surface area contributed by atoms with E-state index >= 15 is 0 Å². The average molecular weight is 556 g/mol. The van der Waals surface area contributed by atoms with E-state index < -0.39 is 28.7 Å². The molecular weight excluding hydrogens is 523 g/mol. The van der Waals surface area contributed by atoms with Gasteiger partial charge < -0.3 is 9.80 Å². The highest BCUT2D eigenvalue weighted by atomic mass is 32.2. The number of carbonyl (C=O) groups excluding carboxylic acids is 2. The number of halogens is 3. The number of rotatable bonds is 8. The Morgan fingerprint density at radius 1 is 1.14 bits per heavy atom. The van der Waals surface area contributed by atoms with Crippen LogP contribution in [-0.2, 0) is 11.0 Å². The molecule has 1 aromatic carbocycles. The van der Waals surface area contributed by atoms with Crippen LogP contribution in [0.1, 0.15) is 51.2 Å². The maximum absolute atomic E-state index is 13.5. The maximum Gasteiger partial charge on any atom is 0.417 e. The molecule has 0 unspecified atom stereocenters. The van der Waals surface area contributed by atoms with Gasteiger partial charge in [0.05, 0.1) is 22.9 Å². The minimum atomic E-state index is -4.72. The van der Waals surface area contributed by atoms with Crippen molar-refractivity contribution in [1.82, 2.24) is 14.7 Å². The quantitative estimate of drug-likeness (QED) is 0.332. The molecule has 0 spiro atoms. The molecule has 2 heterocycles. The van der Waals surface area contributed by atoms with Crippen LogP contribution in [0.4, 0.5) is 23.7 Å². The first kappa shape index (κ1) is 29.2. The average Bonchev–Trinajstić information content (AvgIpc) is 3.02. The molecule has 1 aromatic rings. The summed E-state index contributed by atoms with van der Waals surface area (Å²) in [6.07, 6.45) is -2.08. The van der Waals surface area contributed by atoms with Crippen LogP contribution in [-0.4, -0.2) is 81.5 Å². The van der Waals surface area contributed by atoms with Crippen molar-refractivity contribution < 1.29 is 22.8 Å². The third-order valence-electron chi connectivity index (χ3n) is 6.77. The summed E-state index contributed by atoms with van der Waals surface area (Å²) in [6.45, 7) is 10.0. The molecule has 3 rings (SSSR count). The molecule has 2 fully saturated rings. The molecular formula is C25H32F3N5O2S2. The Labute approximate surface area is 225 Å².